The molecule has 3 N–H and O–H groups in total. The van der Waals surface area contributed by atoms with Crippen molar-refractivity contribution in [3.8, 4) is 0 Å². The van der Waals surface area contributed by atoms with Crippen molar-refractivity contribution in [2.45, 2.75) is 18.6 Å². The second-order valence-corrected chi connectivity index (χ2v) is 6.46. The molecule has 128 valence electrons. The third kappa shape index (κ3) is 3.77. The van der Waals surface area contributed by atoms with E-state index in [4.69, 9.17) is 9.47 Å². The van der Waals surface area contributed by atoms with Gasteiger partial charge in [-0.15, -0.1) is 0 Å². The number of aromatic amines is 1. The number of aromatic nitrogens is 1. The largest absolute Gasteiger partial charge is 0.480 e. The molecule has 1 fully saturated rings. The summed E-state index contributed by atoms with van der Waals surface area (Å²) in [4.78, 5) is 26.8. The Labute approximate surface area is 146 Å². The summed E-state index contributed by atoms with van der Waals surface area (Å²) in [5, 5.41) is 12.9. The molecular formula is C16H17BrN2O5. The zero-order valence-electron chi connectivity index (χ0n) is 12.8. The van der Waals surface area contributed by atoms with Crippen LogP contribution in [-0.4, -0.2) is 53.9 Å². The zero-order valence-corrected chi connectivity index (χ0v) is 14.3. The Morgan fingerprint density at radius 2 is 2.25 bits per heavy atom. The molecule has 2 atom stereocenters. The zero-order chi connectivity index (χ0) is 17.1. The van der Waals surface area contributed by atoms with Gasteiger partial charge in [0.25, 0.3) is 5.91 Å². The first-order valence-corrected chi connectivity index (χ1v) is 8.32. The minimum atomic E-state index is -1.09. The third-order valence-corrected chi connectivity index (χ3v) is 4.37. The number of carbonyl (C=O) groups excluding carboxylic acids is 1. The Balaban J connectivity index is 1.74. The second kappa shape index (κ2) is 7.33. The van der Waals surface area contributed by atoms with Gasteiger partial charge in [0.05, 0.1) is 19.8 Å². The molecular weight excluding hydrogens is 380 g/mol. The fourth-order valence-corrected chi connectivity index (χ4v) is 3.00. The van der Waals surface area contributed by atoms with Crippen LogP contribution in [0.4, 0.5) is 0 Å². The fraction of sp³-hybridized carbons (Fsp3) is 0.375. The lowest BCUT2D eigenvalue weighted by molar-refractivity contribution is -0.152. The second-order valence-electron chi connectivity index (χ2n) is 5.54. The summed E-state index contributed by atoms with van der Waals surface area (Å²) in [6, 6.07) is 4.69. The monoisotopic (exact) mass is 396 g/mol. The van der Waals surface area contributed by atoms with Crippen LogP contribution >= 0.6 is 15.9 Å². The normalized spacial score (nSPS) is 19.1. The number of hydrogen-bond donors (Lipinski definition) is 3. The molecule has 0 bridgehead atoms. The first-order valence-electron chi connectivity index (χ1n) is 7.52. The van der Waals surface area contributed by atoms with Crippen LogP contribution in [0.1, 0.15) is 5.56 Å². The van der Waals surface area contributed by atoms with Crippen LogP contribution in [0.15, 0.2) is 28.9 Å². The summed E-state index contributed by atoms with van der Waals surface area (Å²) >= 11 is 3.41. The third-order valence-electron chi connectivity index (χ3n) is 3.88. The molecule has 1 amide bonds. The van der Waals surface area contributed by atoms with E-state index in [1.54, 1.807) is 6.20 Å². The minimum absolute atomic E-state index is 0.137. The molecule has 1 aromatic heterocycles. The average molecular weight is 397 g/mol. The van der Waals surface area contributed by atoms with Crippen molar-refractivity contribution in [2.24, 2.45) is 0 Å². The molecule has 7 nitrogen and oxygen atoms in total. The van der Waals surface area contributed by atoms with E-state index in [1.165, 1.54) is 0 Å². The molecule has 0 saturated carbocycles. The summed E-state index contributed by atoms with van der Waals surface area (Å²) in [7, 11) is 0. The number of fused-ring (bicyclic) bond motifs is 1. The number of carbonyl (C=O) groups is 2. The predicted molar refractivity (Wildman–Crippen MR) is 89.8 cm³/mol. The van der Waals surface area contributed by atoms with E-state index in [-0.39, 0.29) is 13.0 Å². The molecule has 0 spiro atoms. The average Bonchev–Trinajstić information content (AvgIpc) is 2.97. The van der Waals surface area contributed by atoms with Gasteiger partial charge in [-0.25, -0.2) is 4.79 Å². The lowest BCUT2D eigenvalue weighted by atomic mass is 10.0. The number of hydrogen-bond acceptors (Lipinski definition) is 4. The van der Waals surface area contributed by atoms with Crippen LogP contribution in [-0.2, 0) is 25.5 Å². The van der Waals surface area contributed by atoms with E-state index in [2.05, 4.69) is 26.2 Å². The molecule has 8 heteroatoms. The van der Waals surface area contributed by atoms with Crippen LogP contribution in [0.3, 0.4) is 0 Å². The molecule has 1 aliphatic heterocycles. The van der Waals surface area contributed by atoms with Crippen molar-refractivity contribution in [1.82, 2.24) is 10.3 Å². The van der Waals surface area contributed by atoms with Crippen LogP contribution < -0.4 is 5.32 Å². The lowest BCUT2D eigenvalue weighted by Gasteiger charge is -2.24. The Bertz CT molecular complexity index is 754. The first kappa shape index (κ1) is 16.9. The number of halogens is 1. The molecule has 3 rings (SSSR count). The summed E-state index contributed by atoms with van der Waals surface area (Å²) < 4.78 is 11.4. The van der Waals surface area contributed by atoms with Gasteiger partial charge in [-0.1, -0.05) is 15.9 Å². The van der Waals surface area contributed by atoms with Gasteiger partial charge >= 0.3 is 5.97 Å². The smallest absolute Gasteiger partial charge is 0.326 e. The highest BCUT2D eigenvalue weighted by atomic mass is 79.9. The van der Waals surface area contributed by atoms with Crippen molar-refractivity contribution < 1.29 is 24.2 Å². The van der Waals surface area contributed by atoms with E-state index in [0.717, 1.165) is 20.9 Å². The molecule has 0 aliphatic carbocycles. The molecule has 1 aliphatic rings. The van der Waals surface area contributed by atoms with Crippen molar-refractivity contribution in [3.05, 3.63) is 34.4 Å². The molecule has 0 radical (unpaired) electrons. The van der Waals surface area contributed by atoms with Gasteiger partial charge in [-0.3, -0.25) is 4.79 Å². The number of aliphatic carboxylic acids is 1. The Kier molecular flexibility index (Phi) is 5.17. The van der Waals surface area contributed by atoms with Gasteiger partial charge in [0.2, 0.25) is 0 Å². The minimum Gasteiger partial charge on any atom is -0.480 e. The highest BCUT2D eigenvalue weighted by Crippen LogP contribution is 2.23. The molecule has 24 heavy (non-hydrogen) atoms. The van der Waals surface area contributed by atoms with Crippen LogP contribution in [0.5, 0.6) is 0 Å². The van der Waals surface area contributed by atoms with E-state index in [0.29, 0.717) is 13.2 Å². The molecule has 1 saturated heterocycles. The van der Waals surface area contributed by atoms with E-state index in [9.17, 15) is 14.7 Å². The maximum atomic E-state index is 12.2. The molecule has 0 unspecified atom stereocenters. The van der Waals surface area contributed by atoms with Gasteiger partial charge in [0.1, 0.15) is 6.04 Å². The van der Waals surface area contributed by atoms with Gasteiger partial charge in [0, 0.05) is 28.0 Å². The number of rotatable bonds is 5. The van der Waals surface area contributed by atoms with Crippen molar-refractivity contribution in [2.75, 3.05) is 19.8 Å². The number of carboxylic acid groups (broad SMARTS) is 1. The van der Waals surface area contributed by atoms with Gasteiger partial charge in [0.15, 0.2) is 6.10 Å². The van der Waals surface area contributed by atoms with Crippen molar-refractivity contribution in [3.63, 3.8) is 0 Å². The predicted octanol–water partition coefficient (Wildman–Crippen LogP) is 1.46. The van der Waals surface area contributed by atoms with E-state index < -0.39 is 24.0 Å². The number of H-pyrrole nitrogens is 1. The maximum Gasteiger partial charge on any atom is 0.326 e. The SMILES string of the molecule is O=C(O)[C@@H](Cc1c[nH]c2ccc(Br)cc12)NC(=O)[C@H]1COCCO1. The number of nitrogens with one attached hydrogen (secondary N) is 2. The molecule has 2 heterocycles. The number of benzene rings is 1. The van der Waals surface area contributed by atoms with Crippen molar-refractivity contribution in [1.29, 1.82) is 0 Å². The Morgan fingerprint density at radius 1 is 1.42 bits per heavy atom. The fourth-order valence-electron chi connectivity index (χ4n) is 2.64. The van der Waals surface area contributed by atoms with Crippen LogP contribution in [0.2, 0.25) is 0 Å². The summed E-state index contributed by atoms with van der Waals surface area (Å²) in [6.07, 6.45) is 1.17. The van der Waals surface area contributed by atoms with E-state index in [1.807, 2.05) is 18.2 Å². The topological polar surface area (TPSA) is 101 Å². The lowest BCUT2D eigenvalue weighted by Crippen LogP contribution is -2.50. The summed E-state index contributed by atoms with van der Waals surface area (Å²) in [6.45, 7) is 0.904. The molecule has 2 aromatic rings. The Morgan fingerprint density at radius 3 is 2.96 bits per heavy atom. The highest BCUT2D eigenvalue weighted by molar-refractivity contribution is 9.10. The first-order chi connectivity index (χ1) is 11.5. The van der Waals surface area contributed by atoms with Gasteiger partial charge < -0.3 is 24.9 Å². The summed E-state index contributed by atoms with van der Waals surface area (Å²) in [5.41, 5.74) is 1.73. The van der Waals surface area contributed by atoms with Crippen LogP contribution in [0, 0.1) is 0 Å². The number of ether oxygens (including phenoxy) is 2. The van der Waals surface area contributed by atoms with Crippen LogP contribution in [0.25, 0.3) is 10.9 Å². The standard InChI is InChI=1S/C16H17BrN2O5/c17-10-1-2-12-11(6-10)9(7-18-12)5-13(16(21)22)19-15(20)14-8-23-3-4-24-14/h1-2,6-7,13-14,18H,3-5,8H2,(H,19,20)(H,21,22)/t13-,14-/m1/s1. The number of amides is 1. The molecule has 1 aromatic carbocycles. The van der Waals surface area contributed by atoms with Gasteiger partial charge in [-0.2, -0.15) is 0 Å². The highest BCUT2D eigenvalue weighted by Gasteiger charge is 2.28. The summed E-state index contributed by atoms with van der Waals surface area (Å²) in [5.74, 6) is -1.56. The van der Waals surface area contributed by atoms with Gasteiger partial charge in [-0.05, 0) is 23.8 Å². The quantitative estimate of drug-likeness (QED) is 0.709. The maximum absolute atomic E-state index is 12.2. The van der Waals surface area contributed by atoms with E-state index >= 15 is 0 Å². The Hall–Kier alpha value is -1.90. The van der Waals surface area contributed by atoms with Crippen molar-refractivity contribution >= 4 is 38.7 Å². The number of carboxylic acids is 1.